The van der Waals surface area contributed by atoms with E-state index in [1.807, 2.05) is 0 Å². The van der Waals surface area contributed by atoms with Gasteiger partial charge in [-0.05, 0) is 42.8 Å². The zero-order valence-corrected chi connectivity index (χ0v) is 15.3. The molecule has 1 aromatic heterocycles. The van der Waals surface area contributed by atoms with Gasteiger partial charge in [-0.1, -0.05) is 23.7 Å². The van der Waals surface area contributed by atoms with E-state index in [1.54, 1.807) is 19.1 Å². The Balaban J connectivity index is 2.19. The van der Waals surface area contributed by atoms with Crippen LogP contribution in [0, 0.1) is 6.92 Å². The second kappa shape index (κ2) is 6.63. The summed E-state index contributed by atoms with van der Waals surface area (Å²) in [7, 11) is -3.94. The van der Waals surface area contributed by atoms with Gasteiger partial charge in [0.2, 0.25) is 10.0 Å². The third-order valence-corrected chi connectivity index (χ3v) is 5.04. The van der Waals surface area contributed by atoms with Crippen LogP contribution in [0.3, 0.4) is 0 Å². The molecule has 1 heterocycles. The Labute approximate surface area is 157 Å². The lowest BCUT2D eigenvalue weighted by atomic mass is 10.1. The summed E-state index contributed by atoms with van der Waals surface area (Å²) in [4.78, 5) is 3.42. The average Bonchev–Trinajstić information content (AvgIpc) is 3.02. The van der Waals surface area contributed by atoms with Gasteiger partial charge in [0.25, 0.3) is 5.82 Å². The van der Waals surface area contributed by atoms with E-state index in [9.17, 15) is 21.6 Å². The number of nitrogens with two attached hydrogens (primary N) is 1. The molecule has 0 amide bonds. The number of rotatable bonds is 3. The molecule has 2 N–H and O–H groups in total. The van der Waals surface area contributed by atoms with Crippen molar-refractivity contribution in [2.45, 2.75) is 18.0 Å². The summed E-state index contributed by atoms with van der Waals surface area (Å²) >= 11 is 6.07. The van der Waals surface area contributed by atoms with Gasteiger partial charge >= 0.3 is 6.18 Å². The van der Waals surface area contributed by atoms with E-state index < -0.39 is 22.0 Å². The van der Waals surface area contributed by atoms with Gasteiger partial charge in [-0.3, -0.25) is 0 Å². The molecule has 0 unspecified atom stereocenters. The second-order valence-electron chi connectivity index (χ2n) is 5.67. The van der Waals surface area contributed by atoms with Crippen LogP contribution in [-0.4, -0.2) is 23.2 Å². The Hall–Kier alpha value is -2.43. The third-order valence-electron chi connectivity index (χ3n) is 3.70. The first-order chi connectivity index (χ1) is 12.5. The molecular weight excluding hydrogens is 405 g/mol. The molecule has 2 aromatic carbocycles. The fourth-order valence-electron chi connectivity index (χ4n) is 2.31. The molecule has 0 bridgehead atoms. The van der Waals surface area contributed by atoms with Gasteiger partial charge < -0.3 is 0 Å². The summed E-state index contributed by atoms with van der Waals surface area (Å²) in [6, 6.07) is 9.61. The van der Waals surface area contributed by atoms with Gasteiger partial charge in [0, 0.05) is 10.6 Å². The van der Waals surface area contributed by atoms with Crippen LogP contribution in [0.25, 0.3) is 17.1 Å². The highest BCUT2D eigenvalue weighted by molar-refractivity contribution is 7.89. The molecule has 0 aliphatic carbocycles. The van der Waals surface area contributed by atoms with Crippen molar-refractivity contribution in [3.63, 3.8) is 0 Å². The molecule has 0 atom stereocenters. The van der Waals surface area contributed by atoms with E-state index in [0.717, 1.165) is 10.2 Å². The number of aryl methyl sites for hydroxylation is 1. The Kier molecular flexibility index (Phi) is 4.74. The highest BCUT2D eigenvalue weighted by Crippen LogP contribution is 2.31. The molecule has 3 rings (SSSR count). The molecule has 0 radical (unpaired) electrons. The first-order valence-corrected chi connectivity index (χ1v) is 9.33. The molecule has 11 heteroatoms. The summed E-state index contributed by atoms with van der Waals surface area (Å²) in [5.41, 5.74) is 1.25. The van der Waals surface area contributed by atoms with Crippen LogP contribution in [0.2, 0.25) is 5.02 Å². The van der Waals surface area contributed by atoms with Crippen molar-refractivity contribution >= 4 is 21.6 Å². The minimum Gasteiger partial charge on any atom is -0.225 e. The number of halogens is 4. The monoisotopic (exact) mass is 416 g/mol. The number of nitrogens with zero attached hydrogens (tertiary/aromatic N) is 3. The smallest absolute Gasteiger partial charge is 0.225 e. The van der Waals surface area contributed by atoms with E-state index in [-0.39, 0.29) is 16.4 Å². The number of sulfonamides is 1. The molecule has 0 aliphatic heterocycles. The fraction of sp³-hybridized carbons (Fsp3) is 0.125. The number of benzene rings is 2. The maximum Gasteiger partial charge on any atom is 0.453 e. The maximum absolute atomic E-state index is 13.1. The Morgan fingerprint density at radius 1 is 1.11 bits per heavy atom. The van der Waals surface area contributed by atoms with Crippen molar-refractivity contribution in [3.8, 4) is 17.1 Å². The van der Waals surface area contributed by atoms with Crippen LogP contribution < -0.4 is 5.14 Å². The molecule has 27 heavy (non-hydrogen) atoms. The normalized spacial score (nSPS) is 12.4. The Morgan fingerprint density at radius 3 is 2.26 bits per heavy atom. The predicted octanol–water partition coefficient (Wildman–Crippen LogP) is 3.56. The minimum absolute atomic E-state index is 0.0902. The van der Waals surface area contributed by atoms with Crippen molar-refractivity contribution in [2.75, 3.05) is 0 Å². The van der Waals surface area contributed by atoms with Gasteiger partial charge in [0.15, 0.2) is 5.82 Å². The predicted molar refractivity (Wildman–Crippen MR) is 92.9 cm³/mol. The minimum atomic E-state index is -4.75. The van der Waals surface area contributed by atoms with Crippen molar-refractivity contribution in [2.24, 2.45) is 5.14 Å². The standard InChI is InChI=1S/C16H12ClF3N4O2S/c1-9-2-3-10(8-13(9)17)14-22-15(16(18,19)20)23-24(14)11-4-6-12(7-5-11)27(21,25)26/h2-8H,1H3,(H2,21,25,26). The maximum atomic E-state index is 13.1. The molecule has 0 aliphatic rings. The Morgan fingerprint density at radius 2 is 1.74 bits per heavy atom. The lowest BCUT2D eigenvalue weighted by Gasteiger charge is -2.08. The van der Waals surface area contributed by atoms with Gasteiger partial charge in [0.1, 0.15) is 0 Å². The highest BCUT2D eigenvalue weighted by atomic mass is 35.5. The molecule has 142 valence electrons. The molecular formula is C16H12ClF3N4O2S. The van der Waals surface area contributed by atoms with E-state index >= 15 is 0 Å². The summed E-state index contributed by atoms with van der Waals surface area (Å²) < 4.78 is 63.0. The molecule has 0 fully saturated rings. The molecule has 0 saturated heterocycles. The number of hydrogen-bond donors (Lipinski definition) is 1. The molecule has 0 saturated carbocycles. The summed E-state index contributed by atoms with van der Waals surface area (Å²) in [6.07, 6.45) is -4.75. The van der Waals surface area contributed by atoms with Crippen LogP contribution in [-0.2, 0) is 16.2 Å². The highest BCUT2D eigenvalue weighted by Gasteiger charge is 2.37. The van der Waals surface area contributed by atoms with Crippen molar-refractivity contribution in [1.29, 1.82) is 0 Å². The van der Waals surface area contributed by atoms with Crippen molar-refractivity contribution in [1.82, 2.24) is 14.8 Å². The fourth-order valence-corrected chi connectivity index (χ4v) is 3.00. The van der Waals surface area contributed by atoms with Crippen LogP contribution in [0.15, 0.2) is 47.4 Å². The van der Waals surface area contributed by atoms with Gasteiger partial charge in [0.05, 0.1) is 10.6 Å². The van der Waals surface area contributed by atoms with E-state index in [4.69, 9.17) is 16.7 Å². The van der Waals surface area contributed by atoms with Gasteiger partial charge in [-0.2, -0.15) is 13.2 Å². The number of aromatic nitrogens is 3. The average molecular weight is 417 g/mol. The summed E-state index contributed by atoms with van der Waals surface area (Å²) in [6.45, 7) is 1.75. The zero-order chi connectivity index (χ0) is 20.0. The van der Waals surface area contributed by atoms with Crippen LogP contribution >= 0.6 is 11.6 Å². The van der Waals surface area contributed by atoms with Crippen LogP contribution in [0.5, 0.6) is 0 Å². The molecule has 3 aromatic rings. The molecule has 6 nitrogen and oxygen atoms in total. The lowest BCUT2D eigenvalue weighted by molar-refractivity contribution is -0.144. The summed E-state index contributed by atoms with van der Waals surface area (Å²) in [5.74, 6) is -1.42. The first-order valence-electron chi connectivity index (χ1n) is 7.41. The number of alkyl halides is 3. The van der Waals surface area contributed by atoms with E-state index in [0.29, 0.717) is 10.6 Å². The quantitative estimate of drug-likeness (QED) is 0.706. The number of hydrogen-bond acceptors (Lipinski definition) is 4. The largest absolute Gasteiger partial charge is 0.453 e. The van der Waals surface area contributed by atoms with Crippen LogP contribution in [0.4, 0.5) is 13.2 Å². The van der Waals surface area contributed by atoms with Gasteiger partial charge in [-0.15, -0.1) is 5.10 Å². The Bertz CT molecular complexity index is 1110. The summed E-state index contributed by atoms with van der Waals surface area (Å²) in [5, 5.41) is 8.92. The lowest BCUT2D eigenvalue weighted by Crippen LogP contribution is -2.12. The topological polar surface area (TPSA) is 90.9 Å². The van der Waals surface area contributed by atoms with Crippen molar-refractivity contribution < 1.29 is 21.6 Å². The molecule has 0 spiro atoms. The van der Waals surface area contributed by atoms with Crippen LogP contribution in [0.1, 0.15) is 11.4 Å². The van der Waals surface area contributed by atoms with E-state index in [2.05, 4.69) is 10.1 Å². The SMILES string of the molecule is Cc1ccc(-c2nc(C(F)(F)F)nn2-c2ccc(S(N)(=O)=O)cc2)cc1Cl. The van der Waals surface area contributed by atoms with Gasteiger partial charge in [-0.25, -0.2) is 23.2 Å². The second-order valence-corrected chi connectivity index (χ2v) is 7.64. The zero-order valence-electron chi connectivity index (χ0n) is 13.7. The third kappa shape index (κ3) is 3.97. The number of primary sulfonamides is 1. The van der Waals surface area contributed by atoms with Crippen molar-refractivity contribution in [3.05, 3.63) is 58.9 Å². The van der Waals surface area contributed by atoms with E-state index in [1.165, 1.54) is 30.3 Å². The first kappa shape index (κ1) is 19.3.